The number of rotatable bonds is 5. The normalized spacial score (nSPS) is 12.4. The molecule has 2 N–H and O–H groups in total. The summed E-state index contributed by atoms with van der Waals surface area (Å²) >= 11 is 1.61. The molecule has 0 aliphatic rings. The van der Waals surface area contributed by atoms with Gasteiger partial charge in [-0.05, 0) is 26.0 Å². The van der Waals surface area contributed by atoms with E-state index in [0.29, 0.717) is 17.9 Å². The molecular formula is C14H17FN2OS. The Morgan fingerprint density at radius 3 is 2.89 bits per heavy atom. The summed E-state index contributed by atoms with van der Waals surface area (Å²) in [5.74, 6) is 0.207. The molecule has 0 fully saturated rings. The van der Waals surface area contributed by atoms with Gasteiger partial charge in [0.05, 0.1) is 17.8 Å². The molecule has 2 rings (SSSR count). The number of halogens is 1. The average molecular weight is 280 g/mol. The lowest BCUT2D eigenvalue weighted by Crippen LogP contribution is -2.11. The lowest BCUT2D eigenvalue weighted by atomic mass is 10.1. The second kappa shape index (κ2) is 6.12. The van der Waals surface area contributed by atoms with Crippen molar-refractivity contribution in [1.29, 1.82) is 0 Å². The van der Waals surface area contributed by atoms with E-state index in [1.807, 2.05) is 12.4 Å². The average Bonchev–Trinajstić information content (AvgIpc) is 2.75. The van der Waals surface area contributed by atoms with Gasteiger partial charge >= 0.3 is 0 Å². The first-order valence-electron chi connectivity index (χ1n) is 6.15. The molecule has 0 aliphatic heterocycles. The molecule has 1 heterocycles. The van der Waals surface area contributed by atoms with Gasteiger partial charge in [0.25, 0.3) is 0 Å². The highest BCUT2D eigenvalue weighted by Crippen LogP contribution is 2.26. The molecule has 0 bridgehead atoms. The monoisotopic (exact) mass is 280 g/mol. The zero-order chi connectivity index (χ0) is 13.8. The highest BCUT2D eigenvalue weighted by atomic mass is 32.1. The van der Waals surface area contributed by atoms with Crippen molar-refractivity contribution < 1.29 is 9.13 Å². The van der Waals surface area contributed by atoms with Crippen molar-refractivity contribution in [1.82, 2.24) is 4.98 Å². The topological polar surface area (TPSA) is 48.1 Å². The molecule has 1 aromatic carbocycles. The van der Waals surface area contributed by atoms with Crippen LogP contribution in [-0.2, 0) is 6.42 Å². The van der Waals surface area contributed by atoms with E-state index < -0.39 is 0 Å². The van der Waals surface area contributed by atoms with Gasteiger partial charge in [0, 0.05) is 22.9 Å². The summed E-state index contributed by atoms with van der Waals surface area (Å²) in [7, 11) is 0. The van der Waals surface area contributed by atoms with Crippen molar-refractivity contribution in [3.8, 4) is 5.75 Å². The molecule has 102 valence electrons. The van der Waals surface area contributed by atoms with Crippen LogP contribution in [0.3, 0.4) is 0 Å². The number of hydrogen-bond donors (Lipinski definition) is 1. The maximum atomic E-state index is 13.7. The van der Waals surface area contributed by atoms with Crippen molar-refractivity contribution >= 4 is 11.3 Å². The number of nitrogens with two attached hydrogens (primary N) is 1. The molecular weight excluding hydrogens is 263 g/mol. The van der Waals surface area contributed by atoms with Gasteiger partial charge in [-0.15, -0.1) is 11.3 Å². The fourth-order valence-corrected chi connectivity index (χ4v) is 2.67. The molecule has 0 saturated carbocycles. The SMILES string of the molecule is Cc1ncsc1CCOc1cccc(F)c1[C@H](C)N. The summed E-state index contributed by atoms with van der Waals surface area (Å²) in [6.45, 7) is 4.21. The Bertz CT molecular complexity index is 554. The predicted molar refractivity (Wildman–Crippen MR) is 75.1 cm³/mol. The van der Waals surface area contributed by atoms with E-state index in [9.17, 15) is 4.39 Å². The number of aromatic nitrogens is 1. The first-order chi connectivity index (χ1) is 9.09. The van der Waals surface area contributed by atoms with E-state index in [0.717, 1.165) is 12.1 Å². The molecule has 0 unspecified atom stereocenters. The van der Waals surface area contributed by atoms with Crippen molar-refractivity contribution in [2.24, 2.45) is 5.73 Å². The van der Waals surface area contributed by atoms with Crippen LogP contribution in [0.25, 0.3) is 0 Å². The Hall–Kier alpha value is -1.46. The first kappa shape index (κ1) is 14.0. The smallest absolute Gasteiger partial charge is 0.131 e. The lowest BCUT2D eigenvalue weighted by Gasteiger charge is -2.14. The molecule has 0 radical (unpaired) electrons. The van der Waals surface area contributed by atoms with Crippen LogP contribution < -0.4 is 10.5 Å². The number of aryl methyl sites for hydroxylation is 1. The molecule has 0 aliphatic carbocycles. The van der Waals surface area contributed by atoms with Crippen molar-refractivity contribution in [3.63, 3.8) is 0 Å². The molecule has 0 spiro atoms. The second-order valence-electron chi connectivity index (χ2n) is 4.40. The number of ether oxygens (including phenoxy) is 1. The number of nitrogens with zero attached hydrogens (tertiary/aromatic N) is 1. The van der Waals surface area contributed by atoms with E-state index >= 15 is 0 Å². The third kappa shape index (κ3) is 3.30. The largest absolute Gasteiger partial charge is 0.493 e. The van der Waals surface area contributed by atoms with Gasteiger partial charge in [-0.1, -0.05) is 6.07 Å². The maximum Gasteiger partial charge on any atom is 0.131 e. The van der Waals surface area contributed by atoms with Crippen LogP contribution in [0.2, 0.25) is 0 Å². The van der Waals surface area contributed by atoms with E-state index in [4.69, 9.17) is 10.5 Å². The third-order valence-corrected chi connectivity index (χ3v) is 3.89. The molecule has 0 amide bonds. The fourth-order valence-electron chi connectivity index (χ4n) is 1.90. The maximum absolute atomic E-state index is 13.7. The second-order valence-corrected chi connectivity index (χ2v) is 5.34. The molecule has 3 nitrogen and oxygen atoms in total. The highest BCUT2D eigenvalue weighted by molar-refractivity contribution is 7.09. The molecule has 1 atom stereocenters. The van der Waals surface area contributed by atoms with Crippen LogP contribution in [0.5, 0.6) is 5.75 Å². The molecule has 0 saturated heterocycles. The van der Waals surface area contributed by atoms with Crippen LogP contribution in [0.15, 0.2) is 23.7 Å². The van der Waals surface area contributed by atoms with Crippen LogP contribution in [0.1, 0.15) is 29.1 Å². The summed E-state index contributed by atoms with van der Waals surface area (Å²) in [5.41, 5.74) is 9.06. The highest BCUT2D eigenvalue weighted by Gasteiger charge is 2.13. The third-order valence-electron chi connectivity index (χ3n) is 2.90. The quantitative estimate of drug-likeness (QED) is 0.914. The van der Waals surface area contributed by atoms with Crippen LogP contribution >= 0.6 is 11.3 Å². The molecule has 19 heavy (non-hydrogen) atoms. The van der Waals surface area contributed by atoms with Gasteiger partial charge in [-0.2, -0.15) is 0 Å². The fraction of sp³-hybridized carbons (Fsp3) is 0.357. The Morgan fingerprint density at radius 1 is 1.47 bits per heavy atom. The lowest BCUT2D eigenvalue weighted by molar-refractivity contribution is 0.315. The van der Waals surface area contributed by atoms with Crippen molar-refractivity contribution in [2.75, 3.05) is 6.61 Å². The van der Waals surface area contributed by atoms with Gasteiger partial charge in [0.1, 0.15) is 11.6 Å². The summed E-state index contributed by atoms with van der Waals surface area (Å²) in [5, 5.41) is 0. The van der Waals surface area contributed by atoms with Crippen molar-refractivity contribution in [2.45, 2.75) is 26.3 Å². The van der Waals surface area contributed by atoms with Gasteiger partial charge in [0.2, 0.25) is 0 Å². The first-order valence-corrected chi connectivity index (χ1v) is 7.03. The zero-order valence-corrected chi connectivity index (χ0v) is 11.8. The minimum absolute atomic E-state index is 0.318. The van der Waals surface area contributed by atoms with E-state index in [1.54, 1.807) is 30.4 Å². The zero-order valence-electron chi connectivity index (χ0n) is 11.0. The standard InChI is InChI=1S/C14H17FN2OS/c1-9(16)14-11(15)4-3-5-12(14)18-7-6-13-10(2)17-8-19-13/h3-5,8-9H,6-7,16H2,1-2H3/t9-/m0/s1. The number of hydrogen-bond acceptors (Lipinski definition) is 4. The van der Waals surface area contributed by atoms with Gasteiger partial charge < -0.3 is 10.5 Å². The Kier molecular flexibility index (Phi) is 4.50. The van der Waals surface area contributed by atoms with Gasteiger partial charge in [-0.25, -0.2) is 9.37 Å². The number of benzene rings is 1. The molecule has 2 aromatic rings. The predicted octanol–water partition coefficient (Wildman–Crippen LogP) is 3.23. The Labute approximate surface area is 116 Å². The van der Waals surface area contributed by atoms with E-state index in [-0.39, 0.29) is 11.9 Å². The minimum Gasteiger partial charge on any atom is -0.493 e. The minimum atomic E-state index is -0.388. The van der Waals surface area contributed by atoms with Crippen LogP contribution in [-0.4, -0.2) is 11.6 Å². The Balaban J connectivity index is 2.04. The summed E-state index contributed by atoms with van der Waals surface area (Å²) < 4.78 is 19.4. The van der Waals surface area contributed by atoms with Gasteiger partial charge in [0.15, 0.2) is 0 Å². The van der Waals surface area contributed by atoms with Gasteiger partial charge in [-0.3, -0.25) is 0 Å². The summed E-state index contributed by atoms with van der Waals surface area (Å²) in [6.07, 6.45) is 0.769. The van der Waals surface area contributed by atoms with Crippen LogP contribution in [0, 0.1) is 12.7 Å². The van der Waals surface area contributed by atoms with Crippen molar-refractivity contribution in [3.05, 3.63) is 45.7 Å². The van der Waals surface area contributed by atoms with Crippen LogP contribution in [0.4, 0.5) is 4.39 Å². The Morgan fingerprint density at radius 2 is 2.26 bits per heavy atom. The van der Waals surface area contributed by atoms with E-state index in [2.05, 4.69) is 4.98 Å². The van der Waals surface area contributed by atoms with E-state index in [1.165, 1.54) is 10.9 Å². The summed E-state index contributed by atoms with van der Waals surface area (Å²) in [4.78, 5) is 5.38. The molecule has 5 heteroatoms. The number of thiazole rings is 1. The molecule has 1 aromatic heterocycles. The summed E-state index contributed by atoms with van der Waals surface area (Å²) in [6, 6.07) is 4.40.